The molecule has 0 spiro atoms. The molecule has 0 amide bonds. The van der Waals surface area contributed by atoms with Crippen LogP contribution in [0.5, 0.6) is 0 Å². The van der Waals surface area contributed by atoms with E-state index in [-0.39, 0.29) is 0 Å². The fourth-order valence-electron chi connectivity index (χ4n) is 6.46. The average molecular weight is 558 g/mol. The van der Waals surface area contributed by atoms with Crippen molar-refractivity contribution in [3.8, 4) is 27.9 Å². The van der Waals surface area contributed by atoms with Crippen LogP contribution in [0.25, 0.3) is 79.3 Å². The van der Waals surface area contributed by atoms with Gasteiger partial charge in [0, 0.05) is 46.9 Å². The first kappa shape index (κ1) is 23.0. The zero-order valence-electron chi connectivity index (χ0n) is 22.0. The van der Waals surface area contributed by atoms with Crippen molar-refractivity contribution in [2.45, 2.75) is 0 Å². The summed E-state index contributed by atoms with van der Waals surface area (Å²) in [6.45, 7) is 0. The number of fused-ring (bicyclic) bond motifs is 8. The Morgan fingerprint density at radius 3 is 1.83 bits per heavy atom. The van der Waals surface area contributed by atoms with E-state index < -0.39 is 0 Å². The SMILES string of the molecule is c1ccc(-c2cccc3c2sc2c(-c4cccc5sc6c7ccccc7n(-c7ccccc7)c6c45)cccc23)cc1. The van der Waals surface area contributed by atoms with Gasteiger partial charge in [0.05, 0.1) is 15.7 Å². The highest BCUT2D eigenvalue weighted by molar-refractivity contribution is 7.27. The van der Waals surface area contributed by atoms with Crippen LogP contribution in [-0.4, -0.2) is 4.57 Å². The molecular weight excluding hydrogens is 535 g/mol. The van der Waals surface area contributed by atoms with Gasteiger partial charge >= 0.3 is 0 Å². The predicted molar refractivity (Wildman–Crippen MR) is 180 cm³/mol. The molecule has 0 aliphatic carbocycles. The summed E-state index contributed by atoms with van der Waals surface area (Å²) in [7, 11) is 0. The molecule has 0 N–H and O–H groups in total. The van der Waals surface area contributed by atoms with E-state index in [1.54, 1.807) is 0 Å². The van der Waals surface area contributed by atoms with Crippen molar-refractivity contribution in [3.63, 3.8) is 0 Å². The maximum absolute atomic E-state index is 2.46. The molecule has 0 saturated carbocycles. The van der Waals surface area contributed by atoms with E-state index >= 15 is 0 Å². The van der Waals surface area contributed by atoms with Crippen LogP contribution in [0, 0.1) is 0 Å². The lowest BCUT2D eigenvalue weighted by molar-refractivity contribution is 1.19. The minimum Gasteiger partial charge on any atom is -0.308 e. The molecule has 192 valence electrons. The van der Waals surface area contributed by atoms with Gasteiger partial charge in [-0.3, -0.25) is 0 Å². The van der Waals surface area contributed by atoms with Gasteiger partial charge in [-0.15, -0.1) is 22.7 Å². The Bertz CT molecular complexity index is 2410. The topological polar surface area (TPSA) is 4.93 Å². The zero-order chi connectivity index (χ0) is 26.9. The van der Waals surface area contributed by atoms with Crippen molar-refractivity contribution >= 4 is 74.1 Å². The maximum Gasteiger partial charge on any atom is 0.0734 e. The minimum absolute atomic E-state index is 1.20. The molecule has 0 saturated heterocycles. The molecule has 3 heterocycles. The molecule has 9 aromatic rings. The van der Waals surface area contributed by atoms with E-state index in [1.807, 2.05) is 22.7 Å². The van der Waals surface area contributed by atoms with Gasteiger partial charge in [-0.1, -0.05) is 115 Å². The zero-order valence-corrected chi connectivity index (χ0v) is 23.7. The summed E-state index contributed by atoms with van der Waals surface area (Å²) in [5.74, 6) is 0. The number of benzene rings is 6. The van der Waals surface area contributed by atoms with Crippen LogP contribution < -0.4 is 0 Å². The summed E-state index contributed by atoms with van der Waals surface area (Å²) in [5, 5.41) is 5.30. The number of hydrogen-bond acceptors (Lipinski definition) is 2. The van der Waals surface area contributed by atoms with Crippen molar-refractivity contribution in [3.05, 3.63) is 140 Å². The Labute approximate surface area is 245 Å². The third-order valence-electron chi connectivity index (χ3n) is 8.22. The van der Waals surface area contributed by atoms with E-state index in [4.69, 9.17) is 0 Å². The van der Waals surface area contributed by atoms with Crippen LogP contribution >= 0.6 is 22.7 Å². The van der Waals surface area contributed by atoms with Gasteiger partial charge < -0.3 is 4.57 Å². The Morgan fingerprint density at radius 2 is 1.02 bits per heavy atom. The first-order chi connectivity index (χ1) is 20.4. The lowest BCUT2D eigenvalue weighted by Gasteiger charge is -2.10. The molecule has 1 nitrogen and oxygen atoms in total. The van der Waals surface area contributed by atoms with E-state index in [0.717, 1.165) is 0 Å². The quantitative estimate of drug-likeness (QED) is 0.204. The van der Waals surface area contributed by atoms with Crippen molar-refractivity contribution in [2.75, 3.05) is 0 Å². The Kier molecular flexibility index (Phi) is 5.00. The summed E-state index contributed by atoms with van der Waals surface area (Å²) in [6, 6.07) is 50.8. The van der Waals surface area contributed by atoms with Crippen molar-refractivity contribution < 1.29 is 0 Å². The molecule has 0 radical (unpaired) electrons. The van der Waals surface area contributed by atoms with Gasteiger partial charge in [-0.2, -0.15) is 0 Å². The number of hydrogen-bond donors (Lipinski definition) is 0. The molecule has 3 aromatic heterocycles. The minimum atomic E-state index is 1.20. The average Bonchev–Trinajstić information content (AvgIpc) is 3.70. The largest absolute Gasteiger partial charge is 0.308 e. The summed E-state index contributed by atoms with van der Waals surface area (Å²) >= 11 is 3.83. The molecule has 3 heteroatoms. The molecule has 0 unspecified atom stereocenters. The van der Waals surface area contributed by atoms with Crippen LogP contribution in [0.15, 0.2) is 140 Å². The second-order valence-corrected chi connectivity index (χ2v) is 12.6. The molecule has 9 rings (SSSR count). The van der Waals surface area contributed by atoms with E-state index in [1.165, 1.54) is 79.3 Å². The number of para-hydroxylation sites is 2. The molecule has 6 aromatic carbocycles. The number of nitrogens with zero attached hydrogens (tertiary/aromatic N) is 1. The molecule has 0 fully saturated rings. The van der Waals surface area contributed by atoms with Crippen LogP contribution in [0.3, 0.4) is 0 Å². The first-order valence-corrected chi connectivity index (χ1v) is 15.5. The van der Waals surface area contributed by atoms with Gasteiger partial charge in [0.1, 0.15) is 0 Å². The van der Waals surface area contributed by atoms with Crippen LogP contribution in [0.4, 0.5) is 0 Å². The number of aromatic nitrogens is 1. The van der Waals surface area contributed by atoms with E-state index in [0.29, 0.717) is 0 Å². The van der Waals surface area contributed by atoms with Crippen LogP contribution in [-0.2, 0) is 0 Å². The van der Waals surface area contributed by atoms with Crippen molar-refractivity contribution in [1.29, 1.82) is 0 Å². The molecule has 0 atom stereocenters. The summed E-state index contributed by atoms with van der Waals surface area (Å²) in [4.78, 5) is 0. The van der Waals surface area contributed by atoms with Crippen molar-refractivity contribution in [1.82, 2.24) is 4.57 Å². The maximum atomic E-state index is 2.46. The third kappa shape index (κ3) is 3.34. The van der Waals surface area contributed by atoms with Gasteiger partial charge in [-0.25, -0.2) is 0 Å². The second kappa shape index (κ2) is 8.90. The summed E-state index contributed by atoms with van der Waals surface area (Å²) in [5.41, 5.74) is 8.92. The highest BCUT2D eigenvalue weighted by Gasteiger charge is 2.21. The van der Waals surface area contributed by atoms with Gasteiger partial charge in [0.25, 0.3) is 0 Å². The van der Waals surface area contributed by atoms with Gasteiger partial charge in [-0.05, 0) is 41.0 Å². The Hall–Kier alpha value is -4.70. The third-order valence-corrected chi connectivity index (χ3v) is 10.7. The molecule has 0 aliphatic rings. The number of thiophene rings is 2. The van der Waals surface area contributed by atoms with E-state index in [2.05, 4.69) is 144 Å². The molecule has 0 bridgehead atoms. The fourth-order valence-corrected chi connectivity index (χ4v) is 9.07. The van der Waals surface area contributed by atoms with Crippen LogP contribution in [0.2, 0.25) is 0 Å². The van der Waals surface area contributed by atoms with Crippen LogP contribution in [0.1, 0.15) is 0 Å². The second-order valence-electron chi connectivity index (χ2n) is 10.5. The fraction of sp³-hybridized carbons (Fsp3) is 0. The standard InChI is InChI=1S/C38H23NS2/c1-3-12-24(13-4-1)26-17-9-20-29-30-21-10-19-28(37(30)41-36(26)29)27-18-11-23-33-34(27)35-38(40-33)31-16-7-8-22-32(31)39(35)25-14-5-2-6-15-25/h1-23H. The first-order valence-electron chi connectivity index (χ1n) is 13.9. The predicted octanol–water partition coefficient (Wildman–Crippen LogP) is 11.7. The Morgan fingerprint density at radius 1 is 0.415 bits per heavy atom. The van der Waals surface area contributed by atoms with E-state index in [9.17, 15) is 0 Å². The van der Waals surface area contributed by atoms with Crippen molar-refractivity contribution in [2.24, 2.45) is 0 Å². The summed E-state index contributed by atoms with van der Waals surface area (Å²) < 4.78 is 7.83. The highest BCUT2D eigenvalue weighted by atomic mass is 32.1. The van der Waals surface area contributed by atoms with Gasteiger partial charge in [0.2, 0.25) is 0 Å². The molecular formula is C38H23NS2. The highest BCUT2D eigenvalue weighted by Crippen LogP contribution is 2.49. The lowest BCUT2D eigenvalue weighted by atomic mass is 9.98. The number of rotatable bonds is 3. The lowest BCUT2D eigenvalue weighted by Crippen LogP contribution is -1.93. The monoisotopic (exact) mass is 557 g/mol. The Balaban J connectivity index is 1.40. The normalized spacial score (nSPS) is 11.9. The summed E-state index contributed by atoms with van der Waals surface area (Å²) in [6.07, 6.45) is 0. The molecule has 41 heavy (non-hydrogen) atoms. The smallest absolute Gasteiger partial charge is 0.0734 e. The molecule has 0 aliphatic heterocycles. The van der Waals surface area contributed by atoms with Gasteiger partial charge in [0.15, 0.2) is 0 Å².